The summed E-state index contributed by atoms with van der Waals surface area (Å²) >= 11 is 0. The summed E-state index contributed by atoms with van der Waals surface area (Å²) in [5.41, 5.74) is 16.9. The largest absolute Gasteiger partial charge is 0.309 e. The Morgan fingerprint density at radius 2 is 1.06 bits per heavy atom. The maximum atomic E-state index is 5.30. The highest BCUT2D eigenvalue weighted by molar-refractivity contribution is 6.41. The van der Waals surface area contributed by atoms with E-state index in [9.17, 15) is 0 Å². The summed E-state index contributed by atoms with van der Waals surface area (Å²) < 4.78 is 7.50. The second-order valence-corrected chi connectivity index (χ2v) is 17.8. The van der Waals surface area contributed by atoms with Crippen molar-refractivity contribution in [1.82, 2.24) is 18.7 Å². The Morgan fingerprint density at radius 3 is 1.71 bits per heavy atom. The number of allylic oxidation sites excluding steroid dienone is 4. The van der Waals surface area contributed by atoms with Gasteiger partial charge in [0, 0.05) is 73.8 Å². The first-order valence-corrected chi connectivity index (χ1v) is 23.8. The third-order valence-electron chi connectivity index (χ3n) is 13.9. The number of hydrogen-bond acceptors (Lipinski definition) is 3. The summed E-state index contributed by atoms with van der Waals surface area (Å²) in [6, 6.07) is 69.8. The number of amidine groups is 1. The Hall–Kier alpha value is -8.87. The fourth-order valence-corrected chi connectivity index (χ4v) is 10.9. The maximum absolute atomic E-state index is 5.30. The van der Waals surface area contributed by atoms with E-state index in [1.807, 2.05) is 24.5 Å². The Morgan fingerprint density at radius 1 is 0.493 bits per heavy atom. The molecule has 0 bridgehead atoms. The van der Waals surface area contributed by atoms with Crippen LogP contribution in [0.1, 0.15) is 43.0 Å². The molecule has 13 rings (SSSR count). The highest BCUT2D eigenvalue weighted by atomic mass is 15.1. The molecule has 6 nitrogen and oxygen atoms in total. The normalized spacial score (nSPS) is 14.5. The van der Waals surface area contributed by atoms with E-state index in [1.54, 1.807) is 0 Å². The van der Waals surface area contributed by atoms with Crippen molar-refractivity contribution in [2.75, 3.05) is 0 Å². The monoisotopic (exact) mass is 886 g/mol. The molecular weight excluding hydrogens is 841 g/mol. The Labute approximate surface area is 399 Å². The second kappa shape index (κ2) is 16.5. The lowest BCUT2D eigenvalue weighted by molar-refractivity contribution is 0.754. The fraction of sp³-hybridized carbons (Fsp3) is 0.0635. The lowest BCUT2D eigenvalue weighted by atomic mass is 9.94. The number of para-hydroxylation sites is 4. The van der Waals surface area contributed by atoms with Crippen LogP contribution in [0.3, 0.4) is 0 Å². The van der Waals surface area contributed by atoms with Crippen molar-refractivity contribution < 1.29 is 0 Å². The number of pyridine rings is 1. The molecule has 0 saturated carbocycles. The minimum atomic E-state index is -0.0960. The van der Waals surface area contributed by atoms with Gasteiger partial charge in [-0.3, -0.25) is 9.98 Å². The first kappa shape index (κ1) is 40.4. The molecule has 0 saturated heterocycles. The number of rotatable bonds is 8. The number of aromatic nitrogens is 4. The van der Waals surface area contributed by atoms with E-state index in [0.29, 0.717) is 6.42 Å². The molecule has 0 amide bonds. The second-order valence-electron chi connectivity index (χ2n) is 17.8. The van der Waals surface area contributed by atoms with Gasteiger partial charge in [0.25, 0.3) is 0 Å². The molecule has 1 atom stereocenters. The van der Waals surface area contributed by atoms with E-state index in [0.717, 1.165) is 67.5 Å². The molecule has 0 spiro atoms. The van der Waals surface area contributed by atoms with Crippen molar-refractivity contribution in [2.24, 2.45) is 9.98 Å². The molecule has 8 aromatic carbocycles. The number of benzene rings is 8. The van der Waals surface area contributed by atoms with Crippen LogP contribution >= 0.6 is 0 Å². The van der Waals surface area contributed by atoms with Crippen LogP contribution in [0.15, 0.2) is 235 Å². The van der Waals surface area contributed by atoms with Gasteiger partial charge in [-0.15, -0.1) is 0 Å². The zero-order valence-corrected chi connectivity index (χ0v) is 38.3. The molecule has 1 unspecified atom stereocenters. The van der Waals surface area contributed by atoms with Gasteiger partial charge in [-0.05, 0) is 90.7 Å². The van der Waals surface area contributed by atoms with Crippen LogP contribution in [0.2, 0.25) is 0 Å². The van der Waals surface area contributed by atoms with Crippen LogP contribution in [-0.2, 0) is 0 Å². The van der Waals surface area contributed by atoms with Crippen LogP contribution in [0, 0.1) is 0 Å². The first-order chi connectivity index (χ1) is 34.2. The molecule has 0 aliphatic carbocycles. The maximum Gasteiger partial charge on any atom is 0.155 e. The third-order valence-corrected chi connectivity index (χ3v) is 13.9. The van der Waals surface area contributed by atoms with Crippen molar-refractivity contribution in [3.8, 4) is 22.5 Å². The van der Waals surface area contributed by atoms with Crippen LogP contribution in [-0.4, -0.2) is 30.2 Å². The van der Waals surface area contributed by atoms with Crippen molar-refractivity contribution in [1.29, 1.82) is 0 Å². The van der Waals surface area contributed by atoms with Gasteiger partial charge in [0.05, 0.1) is 44.9 Å². The van der Waals surface area contributed by atoms with Gasteiger partial charge in [0.1, 0.15) is 0 Å². The lowest BCUT2D eigenvalue weighted by Crippen LogP contribution is -2.17. The summed E-state index contributed by atoms with van der Waals surface area (Å²) in [5.74, 6) is 0.750. The minimum Gasteiger partial charge on any atom is -0.309 e. The summed E-state index contributed by atoms with van der Waals surface area (Å²) in [6.07, 6.45) is 11.0. The number of fused-ring (bicyclic) bond motifs is 12. The van der Waals surface area contributed by atoms with E-state index in [-0.39, 0.29) is 6.04 Å². The molecule has 12 aromatic rings. The average Bonchev–Trinajstić information content (AvgIpc) is 4.07. The van der Waals surface area contributed by atoms with Crippen molar-refractivity contribution in [3.05, 3.63) is 241 Å². The molecular formula is C63H46N6. The lowest BCUT2D eigenvalue weighted by Gasteiger charge is -2.22. The van der Waals surface area contributed by atoms with Crippen molar-refractivity contribution in [2.45, 2.75) is 26.3 Å². The number of aliphatic imine (C=N–C) groups is 2. The van der Waals surface area contributed by atoms with Gasteiger partial charge >= 0.3 is 0 Å². The molecule has 6 heteroatoms. The van der Waals surface area contributed by atoms with Crippen LogP contribution in [0.4, 0.5) is 0 Å². The first-order valence-electron chi connectivity index (χ1n) is 23.8. The van der Waals surface area contributed by atoms with E-state index >= 15 is 0 Å². The van der Waals surface area contributed by atoms with Crippen LogP contribution in [0.5, 0.6) is 0 Å². The van der Waals surface area contributed by atoms with Crippen LogP contribution in [0.25, 0.3) is 93.6 Å². The smallest absolute Gasteiger partial charge is 0.155 e. The molecule has 1 aliphatic heterocycles. The topological polar surface area (TPSA) is 52.4 Å². The quantitative estimate of drug-likeness (QED) is 0.140. The molecule has 4 aromatic heterocycles. The van der Waals surface area contributed by atoms with E-state index in [2.05, 4.69) is 233 Å². The molecule has 0 radical (unpaired) electrons. The molecule has 1 aliphatic rings. The van der Waals surface area contributed by atoms with Gasteiger partial charge in [0.15, 0.2) is 5.84 Å². The summed E-state index contributed by atoms with van der Waals surface area (Å²) in [5, 5.41) is 7.36. The van der Waals surface area contributed by atoms with E-state index in [4.69, 9.17) is 9.98 Å². The van der Waals surface area contributed by atoms with Crippen molar-refractivity contribution in [3.63, 3.8) is 0 Å². The fourth-order valence-electron chi connectivity index (χ4n) is 10.9. The van der Waals surface area contributed by atoms with Gasteiger partial charge in [-0.25, -0.2) is 4.99 Å². The summed E-state index contributed by atoms with van der Waals surface area (Å²) in [6.45, 7) is 4.24. The zero-order chi connectivity index (χ0) is 46.0. The molecule has 69 heavy (non-hydrogen) atoms. The predicted octanol–water partition coefficient (Wildman–Crippen LogP) is 15.9. The van der Waals surface area contributed by atoms with E-state index in [1.165, 1.54) is 54.4 Å². The Balaban J connectivity index is 1.06. The van der Waals surface area contributed by atoms with Gasteiger partial charge in [-0.2, -0.15) is 0 Å². The summed E-state index contributed by atoms with van der Waals surface area (Å²) in [7, 11) is 0. The predicted molar refractivity (Wildman–Crippen MR) is 289 cm³/mol. The van der Waals surface area contributed by atoms with Gasteiger partial charge < -0.3 is 13.7 Å². The summed E-state index contributed by atoms with van der Waals surface area (Å²) in [4.78, 5) is 14.9. The molecule has 328 valence electrons. The highest BCUT2D eigenvalue weighted by Gasteiger charge is 2.29. The van der Waals surface area contributed by atoms with Gasteiger partial charge in [-0.1, -0.05) is 158 Å². The average molecular weight is 887 g/mol. The molecule has 0 N–H and O–H groups in total. The minimum absolute atomic E-state index is 0.0960. The standard InChI is InChI=1S/C63H46N6/c1-3-18-46(4-2)67-56-29-16-13-26-51(56)59-60-57(49-24-11-14-27-54(49)68(60)47-22-9-6-10-23-47)58-50-25-12-15-28-55(50)69(61(58)62(59)67)48-36-34-43(35-37-48)53-39-52(65-63(66-53)44-19-7-5-8-20-44)42-32-30-41(31-33-42)45-21-17-38-64-40-45/h3-38,40,52H,39H2,1-2H3/b18-3-,46-4+. The Bertz CT molecular complexity index is 4070. The van der Waals surface area contributed by atoms with Gasteiger partial charge in [0.2, 0.25) is 0 Å². The van der Waals surface area contributed by atoms with Crippen molar-refractivity contribution >= 4 is 82.7 Å². The number of hydrogen-bond donors (Lipinski definition) is 0. The third kappa shape index (κ3) is 6.44. The highest BCUT2D eigenvalue weighted by Crippen LogP contribution is 2.50. The van der Waals surface area contributed by atoms with Crippen LogP contribution < -0.4 is 0 Å². The zero-order valence-electron chi connectivity index (χ0n) is 38.3. The SMILES string of the molecule is C/C=C\C(=C/C)n1c2ccccc2c2c1c1c(c3ccccc3n1-c1ccc(C3=NC(c4ccccc4)=NC(c4ccc(-c5cccnc5)cc4)C3)cc1)c1c3ccccc3n(-c3ccccc3)c12. The molecule has 0 fully saturated rings. The Kier molecular flexibility index (Phi) is 9.65. The molecule has 5 heterocycles. The number of nitrogens with zero attached hydrogens (tertiary/aromatic N) is 6. The van der Waals surface area contributed by atoms with E-state index < -0.39 is 0 Å².